The highest BCUT2D eigenvalue weighted by molar-refractivity contribution is 7.55. The summed E-state index contributed by atoms with van der Waals surface area (Å²) in [6, 6.07) is 4.24. The Labute approximate surface area is 195 Å². The van der Waals surface area contributed by atoms with Crippen LogP contribution in [0.1, 0.15) is 92.9 Å². The Morgan fingerprint density at radius 1 is 0.906 bits per heavy atom. The van der Waals surface area contributed by atoms with E-state index in [0.29, 0.717) is 0 Å². The minimum Gasteiger partial charge on any atom is -0.496 e. The van der Waals surface area contributed by atoms with Gasteiger partial charge >= 0.3 is 7.60 Å². The first-order valence-electron chi connectivity index (χ1n) is 11.3. The second-order valence-electron chi connectivity index (χ2n) is 10.9. The van der Waals surface area contributed by atoms with E-state index in [2.05, 4.69) is 53.7 Å². The third-order valence-corrected chi connectivity index (χ3v) is 7.66. The lowest BCUT2D eigenvalue weighted by molar-refractivity contribution is -0.114. The monoisotopic (exact) mass is 466 g/mol. The lowest BCUT2D eigenvalue weighted by Gasteiger charge is -2.28. The number of allylic oxidation sites excluding steroid dienone is 1. The van der Waals surface area contributed by atoms with E-state index in [9.17, 15) is 9.36 Å². The first-order chi connectivity index (χ1) is 14.4. The number of rotatable bonds is 9. The van der Waals surface area contributed by atoms with Gasteiger partial charge in [-0.1, -0.05) is 47.6 Å². The molecule has 0 aliphatic carbocycles. The molecule has 0 heterocycles. The number of ketones is 1. The highest BCUT2D eigenvalue weighted by atomic mass is 31.2. The molecule has 0 saturated carbocycles. The predicted molar refractivity (Wildman–Crippen MR) is 134 cm³/mol. The molecule has 0 aromatic heterocycles. The van der Waals surface area contributed by atoms with Crippen LogP contribution in [0.5, 0.6) is 5.75 Å². The summed E-state index contributed by atoms with van der Waals surface area (Å²) in [5.74, 6) is 0.428. The van der Waals surface area contributed by atoms with Gasteiger partial charge in [0.1, 0.15) is 11.4 Å². The average molecular weight is 467 g/mol. The standard InChI is InChI=1S/C26H43O5P/c1-17(2)30-32(28,31-18(3)4)19(5)23(27)14-13-20-15-21(25(6,7)8)16-22(24(20)29-12)26(9,10)11/h13-19H,1-12H3/b14-13+. The van der Waals surface area contributed by atoms with E-state index in [-0.39, 0.29) is 28.8 Å². The van der Waals surface area contributed by atoms with Gasteiger partial charge in [0.05, 0.1) is 19.3 Å². The SMILES string of the molecule is COc1c(/C=C/C(=O)C(C)P(=O)(OC(C)C)OC(C)C)cc(C(C)(C)C)cc1C(C)(C)C. The Morgan fingerprint density at radius 3 is 1.78 bits per heavy atom. The Bertz CT molecular complexity index is 855. The van der Waals surface area contributed by atoms with Crippen LogP contribution < -0.4 is 4.74 Å². The van der Waals surface area contributed by atoms with Crippen molar-refractivity contribution in [1.29, 1.82) is 0 Å². The van der Waals surface area contributed by atoms with Crippen molar-refractivity contribution in [3.63, 3.8) is 0 Å². The van der Waals surface area contributed by atoms with Crippen LogP contribution in [0.3, 0.4) is 0 Å². The number of hydrogen-bond donors (Lipinski definition) is 0. The van der Waals surface area contributed by atoms with Gasteiger partial charge in [0.15, 0.2) is 5.78 Å². The molecule has 1 unspecified atom stereocenters. The fourth-order valence-electron chi connectivity index (χ4n) is 3.26. The molecule has 1 aromatic rings. The maximum atomic E-state index is 13.4. The highest BCUT2D eigenvalue weighted by Gasteiger charge is 2.38. The Morgan fingerprint density at radius 2 is 1.41 bits per heavy atom. The van der Waals surface area contributed by atoms with E-state index in [1.165, 1.54) is 6.08 Å². The molecule has 0 bridgehead atoms. The third-order valence-electron chi connectivity index (χ3n) is 5.02. The normalized spacial score (nSPS) is 14.4. The summed E-state index contributed by atoms with van der Waals surface area (Å²) < 4.78 is 30.3. The molecule has 32 heavy (non-hydrogen) atoms. The van der Waals surface area contributed by atoms with Gasteiger partial charge in [-0.05, 0) is 69.2 Å². The second-order valence-corrected chi connectivity index (χ2v) is 13.2. The van der Waals surface area contributed by atoms with Crippen LogP contribution >= 0.6 is 7.60 Å². The molecule has 0 aliphatic heterocycles. The second kappa shape index (κ2) is 10.7. The van der Waals surface area contributed by atoms with Crippen molar-refractivity contribution in [2.45, 2.75) is 105 Å². The molecule has 0 radical (unpaired) electrons. The van der Waals surface area contributed by atoms with Crippen molar-refractivity contribution in [2.75, 3.05) is 7.11 Å². The lowest BCUT2D eigenvalue weighted by atomic mass is 9.79. The van der Waals surface area contributed by atoms with E-state index >= 15 is 0 Å². The Kier molecular flexibility index (Phi) is 9.54. The summed E-state index contributed by atoms with van der Waals surface area (Å²) in [7, 11) is -1.98. The predicted octanol–water partition coefficient (Wildman–Crippen LogP) is 7.30. The van der Waals surface area contributed by atoms with Crippen LogP contribution in [0, 0.1) is 0 Å². The lowest BCUT2D eigenvalue weighted by Crippen LogP contribution is -2.22. The number of benzene rings is 1. The first-order valence-corrected chi connectivity index (χ1v) is 12.9. The number of carbonyl (C=O) groups is 1. The topological polar surface area (TPSA) is 61.8 Å². The van der Waals surface area contributed by atoms with Crippen molar-refractivity contribution in [2.24, 2.45) is 0 Å². The third kappa shape index (κ3) is 7.57. The summed E-state index contributed by atoms with van der Waals surface area (Å²) in [4.78, 5) is 13.0. The van der Waals surface area contributed by atoms with Crippen LogP contribution in [0.4, 0.5) is 0 Å². The molecule has 1 rings (SSSR count). The molecule has 0 amide bonds. The van der Waals surface area contributed by atoms with E-state index in [4.69, 9.17) is 13.8 Å². The number of carbonyl (C=O) groups excluding carboxylic acids is 1. The van der Waals surface area contributed by atoms with Crippen LogP contribution in [-0.4, -0.2) is 30.8 Å². The maximum absolute atomic E-state index is 13.4. The molecule has 0 fully saturated rings. The zero-order chi connectivity index (χ0) is 25.1. The van der Waals surface area contributed by atoms with Crippen molar-refractivity contribution >= 4 is 19.5 Å². The summed E-state index contributed by atoms with van der Waals surface area (Å²) >= 11 is 0. The minimum absolute atomic E-state index is 0.0714. The molecule has 0 saturated heterocycles. The zero-order valence-electron chi connectivity index (χ0n) is 22.0. The molecule has 6 heteroatoms. The largest absolute Gasteiger partial charge is 0.496 e. The van der Waals surface area contributed by atoms with Crippen LogP contribution in [0.15, 0.2) is 18.2 Å². The fraction of sp³-hybridized carbons (Fsp3) is 0.654. The molecule has 1 atom stereocenters. The van der Waals surface area contributed by atoms with Gasteiger partial charge in [-0.15, -0.1) is 0 Å². The smallest absolute Gasteiger partial charge is 0.341 e. The van der Waals surface area contributed by atoms with E-state index in [1.54, 1.807) is 47.8 Å². The van der Waals surface area contributed by atoms with Gasteiger partial charge < -0.3 is 13.8 Å². The average Bonchev–Trinajstić information content (AvgIpc) is 2.61. The summed E-state index contributed by atoms with van der Waals surface area (Å²) in [6.07, 6.45) is 2.56. The van der Waals surface area contributed by atoms with Gasteiger partial charge in [-0.2, -0.15) is 0 Å². The van der Waals surface area contributed by atoms with Crippen molar-refractivity contribution in [1.82, 2.24) is 0 Å². The molecular weight excluding hydrogens is 423 g/mol. The molecule has 0 N–H and O–H groups in total. The Balaban J connectivity index is 3.47. The molecule has 182 valence electrons. The van der Waals surface area contributed by atoms with Crippen molar-refractivity contribution in [3.05, 3.63) is 34.9 Å². The van der Waals surface area contributed by atoms with Gasteiger partial charge in [0.2, 0.25) is 0 Å². The van der Waals surface area contributed by atoms with E-state index < -0.39 is 13.3 Å². The molecule has 0 spiro atoms. The van der Waals surface area contributed by atoms with E-state index in [0.717, 1.165) is 22.4 Å². The fourth-order valence-corrected chi connectivity index (χ4v) is 5.24. The first kappa shape index (κ1) is 28.6. The van der Waals surface area contributed by atoms with Crippen LogP contribution in [0.2, 0.25) is 0 Å². The molecule has 5 nitrogen and oxygen atoms in total. The van der Waals surface area contributed by atoms with Crippen LogP contribution in [0.25, 0.3) is 6.08 Å². The summed E-state index contributed by atoms with van der Waals surface area (Å²) in [6.45, 7) is 21.6. The van der Waals surface area contributed by atoms with Gasteiger partial charge in [-0.25, -0.2) is 0 Å². The van der Waals surface area contributed by atoms with Crippen molar-refractivity contribution in [3.8, 4) is 5.75 Å². The van der Waals surface area contributed by atoms with Gasteiger partial charge in [0, 0.05) is 11.1 Å². The number of ether oxygens (including phenoxy) is 1. The zero-order valence-corrected chi connectivity index (χ0v) is 22.9. The number of hydrogen-bond acceptors (Lipinski definition) is 5. The maximum Gasteiger partial charge on any atom is 0.341 e. The molecule has 0 aliphatic rings. The summed E-state index contributed by atoms with van der Waals surface area (Å²) in [5.41, 5.74) is 1.92. The van der Waals surface area contributed by atoms with E-state index in [1.807, 2.05) is 0 Å². The van der Waals surface area contributed by atoms with Gasteiger partial charge in [-0.3, -0.25) is 9.36 Å². The summed E-state index contributed by atoms with van der Waals surface area (Å²) in [5, 5.41) is 0. The molecule has 1 aromatic carbocycles. The van der Waals surface area contributed by atoms with Crippen LogP contribution in [-0.2, 0) is 29.2 Å². The minimum atomic E-state index is -3.62. The highest BCUT2D eigenvalue weighted by Crippen LogP contribution is 2.55. The van der Waals surface area contributed by atoms with Crippen molar-refractivity contribution < 1.29 is 23.1 Å². The van der Waals surface area contributed by atoms with Gasteiger partial charge in [0.25, 0.3) is 0 Å². The number of methoxy groups -OCH3 is 1. The molecular formula is C26H43O5P. The Hall–Kier alpha value is -1.42. The quantitative estimate of drug-likeness (QED) is 0.282.